The van der Waals surface area contributed by atoms with Crippen LogP contribution in [-0.2, 0) is 6.61 Å². The fourth-order valence-corrected chi connectivity index (χ4v) is 3.14. The van der Waals surface area contributed by atoms with Crippen molar-refractivity contribution < 1.29 is 14.6 Å². The molecule has 5 nitrogen and oxygen atoms in total. The molecule has 154 valence electrons. The largest absolute Gasteiger partial charge is 0.507 e. The van der Waals surface area contributed by atoms with Gasteiger partial charge in [-0.05, 0) is 65.2 Å². The Morgan fingerprint density at radius 2 is 1.65 bits per heavy atom. The Morgan fingerprint density at radius 1 is 0.968 bits per heavy atom. The minimum absolute atomic E-state index is 0.0820. The highest BCUT2D eigenvalue weighted by Crippen LogP contribution is 2.24. The number of hydrogen-bond acceptors (Lipinski definition) is 4. The predicted molar refractivity (Wildman–Crippen MR) is 123 cm³/mol. The molecular formula is C26H22N2O3. The van der Waals surface area contributed by atoms with Crippen LogP contribution in [-0.4, -0.2) is 17.2 Å². The van der Waals surface area contributed by atoms with E-state index in [9.17, 15) is 9.90 Å². The highest BCUT2D eigenvalue weighted by Gasteiger charge is 2.11. The van der Waals surface area contributed by atoms with E-state index in [0.717, 1.165) is 27.6 Å². The number of nitrogens with one attached hydrogen (secondary N) is 1. The molecule has 0 spiro atoms. The number of phenols is 1. The Morgan fingerprint density at radius 3 is 2.35 bits per heavy atom. The van der Waals surface area contributed by atoms with Crippen LogP contribution in [0.2, 0.25) is 0 Å². The van der Waals surface area contributed by atoms with Crippen molar-refractivity contribution in [1.29, 1.82) is 0 Å². The van der Waals surface area contributed by atoms with Crippen molar-refractivity contribution in [3.63, 3.8) is 0 Å². The van der Waals surface area contributed by atoms with E-state index in [2.05, 4.69) is 29.6 Å². The summed E-state index contributed by atoms with van der Waals surface area (Å²) < 4.78 is 5.79. The van der Waals surface area contributed by atoms with Crippen LogP contribution in [0.1, 0.15) is 27.0 Å². The second-order valence-electron chi connectivity index (χ2n) is 7.26. The number of hydrogen-bond donors (Lipinski definition) is 2. The number of carbonyl (C=O) groups is 1. The third-order valence-electron chi connectivity index (χ3n) is 4.89. The standard InChI is InChI=1S/C26H22N2O3/c1-18-6-8-20(9-7-18)17-31-23-12-10-19(11-13-23)16-27-28-26(30)24-14-21-4-2-3-5-22(21)15-25(24)29/h2-16,29H,17H2,1H3,(H,28,30). The predicted octanol–water partition coefficient (Wildman–Crippen LogP) is 5.20. The lowest BCUT2D eigenvalue weighted by molar-refractivity contribution is 0.0952. The number of aryl methyl sites for hydroxylation is 1. The minimum atomic E-state index is -0.474. The zero-order valence-corrected chi connectivity index (χ0v) is 17.1. The van der Waals surface area contributed by atoms with Crippen molar-refractivity contribution in [3.8, 4) is 11.5 Å². The maximum absolute atomic E-state index is 12.4. The Labute approximate surface area is 180 Å². The van der Waals surface area contributed by atoms with Crippen molar-refractivity contribution in [1.82, 2.24) is 5.43 Å². The summed E-state index contributed by atoms with van der Waals surface area (Å²) in [5.74, 6) is 0.196. The second kappa shape index (κ2) is 9.13. The van der Waals surface area contributed by atoms with Crippen molar-refractivity contribution >= 4 is 22.9 Å². The van der Waals surface area contributed by atoms with Gasteiger partial charge in [0.2, 0.25) is 0 Å². The average molecular weight is 410 g/mol. The van der Waals surface area contributed by atoms with Gasteiger partial charge in [-0.15, -0.1) is 0 Å². The van der Waals surface area contributed by atoms with Gasteiger partial charge in [0.05, 0.1) is 11.8 Å². The number of nitrogens with zero attached hydrogens (tertiary/aromatic N) is 1. The molecule has 5 heteroatoms. The monoisotopic (exact) mass is 410 g/mol. The number of ether oxygens (including phenoxy) is 1. The van der Waals surface area contributed by atoms with Gasteiger partial charge >= 0.3 is 0 Å². The van der Waals surface area contributed by atoms with Crippen molar-refractivity contribution in [2.75, 3.05) is 0 Å². The number of hydrazone groups is 1. The molecule has 0 aliphatic rings. The number of rotatable bonds is 6. The number of carbonyl (C=O) groups excluding carboxylic acids is 1. The fraction of sp³-hybridized carbons (Fsp3) is 0.0769. The van der Waals surface area contributed by atoms with Crippen LogP contribution in [0.3, 0.4) is 0 Å². The van der Waals surface area contributed by atoms with Gasteiger partial charge in [0.1, 0.15) is 18.1 Å². The molecule has 0 heterocycles. The van der Waals surface area contributed by atoms with Gasteiger partial charge in [-0.3, -0.25) is 4.79 Å². The molecule has 0 saturated heterocycles. The summed E-state index contributed by atoms with van der Waals surface area (Å²) in [5.41, 5.74) is 5.77. The van der Waals surface area contributed by atoms with Gasteiger partial charge in [-0.1, -0.05) is 54.1 Å². The first kappa shape index (κ1) is 20.2. The molecule has 0 aliphatic carbocycles. The zero-order valence-electron chi connectivity index (χ0n) is 17.1. The van der Waals surface area contributed by atoms with Crippen LogP contribution >= 0.6 is 0 Å². The van der Waals surface area contributed by atoms with Crippen LogP contribution < -0.4 is 10.2 Å². The molecule has 4 aromatic carbocycles. The van der Waals surface area contributed by atoms with E-state index in [1.807, 2.05) is 60.7 Å². The van der Waals surface area contributed by atoms with E-state index in [4.69, 9.17) is 4.74 Å². The van der Waals surface area contributed by atoms with Gasteiger partial charge in [0.25, 0.3) is 5.91 Å². The molecule has 0 fully saturated rings. The normalized spacial score (nSPS) is 11.0. The van der Waals surface area contributed by atoms with E-state index in [1.165, 1.54) is 5.56 Å². The van der Waals surface area contributed by atoms with Gasteiger partial charge in [0, 0.05) is 0 Å². The summed E-state index contributed by atoms with van der Waals surface area (Å²) in [6.45, 7) is 2.55. The molecule has 0 bridgehead atoms. The highest BCUT2D eigenvalue weighted by molar-refractivity contribution is 6.01. The zero-order chi connectivity index (χ0) is 21.6. The molecule has 0 saturated carbocycles. The molecule has 0 aromatic heterocycles. The lowest BCUT2D eigenvalue weighted by Gasteiger charge is -2.07. The van der Waals surface area contributed by atoms with Crippen molar-refractivity contribution in [2.45, 2.75) is 13.5 Å². The van der Waals surface area contributed by atoms with E-state index >= 15 is 0 Å². The molecular weight excluding hydrogens is 388 g/mol. The fourth-order valence-electron chi connectivity index (χ4n) is 3.14. The number of aromatic hydroxyl groups is 1. The third kappa shape index (κ3) is 5.08. The molecule has 0 radical (unpaired) electrons. The van der Waals surface area contributed by atoms with Crippen LogP contribution in [0, 0.1) is 6.92 Å². The number of amides is 1. The molecule has 4 aromatic rings. The van der Waals surface area contributed by atoms with Crippen molar-refractivity contribution in [2.24, 2.45) is 5.10 Å². The molecule has 31 heavy (non-hydrogen) atoms. The van der Waals surface area contributed by atoms with Gasteiger partial charge in [-0.2, -0.15) is 5.10 Å². The quantitative estimate of drug-likeness (QED) is 0.339. The summed E-state index contributed by atoms with van der Waals surface area (Å²) in [7, 11) is 0. The van der Waals surface area contributed by atoms with E-state index in [-0.39, 0.29) is 11.3 Å². The Hall–Kier alpha value is -4.12. The van der Waals surface area contributed by atoms with Crippen LogP contribution in [0.4, 0.5) is 0 Å². The SMILES string of the molecule is Cc1ccc(COc2ccc(C=NNC(=O)c3cc4ccccc4cc3O)cc2)cc1. The first-order valence-electron chi connectivity index (χ1n) is 9.92. The molecule has 0 aliphatic heterocycles. The average Bonchev–Trinajstić information content (AvgIpc) is 2.79. The van der Waals surface area contributed by atoms with Gasteiger partial charge in [-0.25, -0.2) is 5.43 Å². The van der Waals surface area contributed by atoms with Crippen LogP contribution in [0.25, 0.3) is 10.8 Å². The molecule has 1 amide bonds. The first-order valence-corrected chi connectivity index (χ1v) is 9.92. The number of benzene rings is 4. The van der Waals surface area contributed by atoms with Gasteiger partial charge in [0.15, 0.2) is 0 Å². The first-order chi connectivity index (χ1) is 15.1. The molecule has 0 atom stereocenters. The van der Waals surface area contributed by atoms with Crippen LogP contribution in [0.15, 0.2) is 90.0 Å². The van der Waals surface area contributed by atoms with Crippen molar-refractivity contribution in [3.05, 3.63) is 107 Å². The number of fused-ring (bicyclic) bond motifs is 1. The lowest BCUT2D eigenvalue weighted by Crippen LogP contribution is -2.17. The summed E-state index contributed by atoms with van der Waals surface area (Å²) in [6.07, 6.45) is 1.54. The summed E-state index contributed by atoms with van der Waals surface area (Å²) in [6, 6.07) is 26.4. The lowest BCUT2D eigenvalue weighted by atomic mass is 10.1. The maximum Gasteiger partial charge on any atom is 0.275 e. The van der Waals surface area contributed by atoms with E-state index in [1.54, 1.807) is 18.3 Å². The Balaban J connectivity index is 1.35. The van der Waals surface area contributed by atoms with Gasteiger partial charge < -0.3 is 9.84 Å². The topological polar surface area (TPSA) is 70.9 Å². The smallest absolute Gasteiger partial charge is 0.275 e. The van der Waals surface area contributed by atoms with Crippen LogP contribution in [0.5, 0.6) is 11.5 Å². The third-order valence-corrected chi connectivity index (χ3v) is 4.89. The highest BCUT2D eigenvalue weighted by atomic mass is 16.5. The Bertz CT molecular complexity index is 1230. The molecule has 4 rings (SSSR count). The second-order valence-corrected chi connectivity index (χ2v) is 7.26. The summed E-state index contributed by atoms with van der Waals surface area (Å²) in [5, 5.41) is 15.9. The Kier molecular flexibility index (Phi) is 5.94. The molecule has 0 unspecified atom stereocenters. The van der Waals surface area contributed by atoms with E-state index < -0.39 is 5.91 Å². The summed E-state index contributed by atoms with van der Waals surface area (Å²) >= 11 is 0. The van der Waals surface area contributed by atoms with E-state index in [0.29, 0.717) is 6.61 Å². The maximum atomic E-state index is 12.4. The summed E-state index contributed by atoms with van der Waals surface area (Å²) in [4.78, 5) is 12.4. The minimum Gasteiger partial charge on any atom is -0.507 e. The molecule has 2 N–H and O–H groups in total. The number of phenolic OH excluding ortho intramolecular Hbond substituents is 1.